The highest BCUT2D eigenvalue weighted by Gasteiger charge is 2.11. The van der Waals surface area contributed by atoms with Crippen LogP contribution in [0.25, 0.3) is 0 Å². The number of hydrogen-bond donors (Lipinski definition) is 0. The van der Waals surface area contributed by atoms with Crippen LogP contribution in [-0.2, 0) is 9.53 Å². The van der Waals surface area contributed by atoms with Crippen molar-refractivity contribution < 1.29 is 14.3 Å². The molecule has 0 aliphatic carbocycles. The molecule has 0 aliphatic heterocycles. The van der Waals surface area contributed by atoms with E-state index in [2.05, 4.69) is 9.72 Å². The summed E-state index contributed by atoms with van der Waals surface area (Å²) in [6, 6.07) is 3.37. The van der Waals surface area contributed by atoms with Gasteiger partial charge in [-0.2, -0.15) is 0 Å². The van der Waals surface area contributed by atoms with Gasteiger partial charge < -0.3 is 4.74 Å². The molecule has 0 atom stereocenters. The fraction of sp³-hybridized carbons (Fsp3) is 0.300. The van der Waals surface area contributed by atoms with E-state index in [0.717, 1.165) is 5.69 Å². The minimum Gasteiger partial charge on any atom is -0.469 e. The highest BCUT2D eigenvalue weighted by molar-refractivity contribution is 6.05. The highest BCUT2D eigenvalue weighted by atomic mass is 16.5. The molecule has 0 spiro atoms. The van der Waals surface area contributed by atoms with Gasteiger partial charge in [0, 0.05) is 17.5 Å². The van der Waals surface area contributed by atoms with Gasteiger partial charge >= 0.3 is 5.97 Å². The van der Waals surface area contributed by atoms with Gasteiger partial charge in [0.15, 0.2) is 5.78 Å². The molecule has 0 aromatic carbocycles. The standard InChI is InChI=1S/C10H11NO3/c1-7-3-4-8(6-11-7)9(12)5-10(13)14-2/h3-4,6H,5H2,1-2H3. The zero-order chi connectivity index (χ0) is 10.6. The van der Waals surface area contributed by atoms with E-state index in [4.69, 9.17) is 0 Å². The van der Waals surface area contributed by atoms with Crippen molar-refractivity contribution in [1.29, 1.82) is 0 Å². The number of Topliss-reactive ketones (excluding diaryl/α,β-unsaturated/α-hetero) is 1. The monoisotopic (exact) mass is 193 g/mol. The van der Waals surface area contributed by atoms with Gasteiger partial charge in [0.2, 0.25) is 0 Å². The molecule has 0 unspecified atom stereocenters. The van der Waals surface area contributed by atoms with E-state index in [1.54, 1.807) is 12.1 Å². The van der Waals surface area contributed by atoms with Gasteiger partial charge in [-0.05, 0) is 19.1 Å². The van der Waals surface area contributed by atoms with E-state index in [-0.39, 0.29) is 12.2 Å². The van der Waals surface area contributed by atoms with Crippen molar-refractivity contribution in [3.8, 4) is 0 Å². The lowest BCUT2D eigenvalue weighted by Gasteiger charge is -1.99. The molecule has 1 aromatic rings. The summed E-state index contributed by atoms with van der Waals surface area (Å²) in [5.41, 5.74) is 1.26. The molecule has 0 saturated carbocycles. The summed E-state index contributed by atoms with van der Waals surface area (Å²) in [5.74, 6) is -0.806. The van der Waals surface area contributed by atoms with Gasteiger partial charge in [-0.25, -0.2) is 0 Å². The zero-order valence-electron chi connectivity index (χ0n) is 8.11. The Bertz CT molecular complexity index is 343. The molecule has 4 heteroatoms. The van der Waals surface area contributed by atoms with Gasteiger partial charge in [-0.1, -0.05) is 0 Å². The second kappa shape index (κ2) is 4.50. The van der Waals surface area contributed by atoms with E-state index >= 15 is 0 Å². The van der Waals surface area contributed by atoms with Gasteiger partial charge in [0.05, 0.1) is 7.11 Å². The quantitative estimate of drug-likeness (QED) is 0.410. The number of hydrogen-bond acceptors (Lipinski definition) is 4. The van der Waals surface area contributed by atoms with E-state index in [1.807, 2.05) is 6.92 Å². The molecule has 0 N–H and O–H groups in total. The molecule has 0 saturated heterocycles. The van der Waals surface area contributed by atoms with Gasteiger partial charge in [0.25, 0.3) is 0 Å². The predicted octanol–water partition coefficient (Wildman–Crippen LogP) is 1.14. The van der Waals surface area contributed by atoms with E-state index in [0.29, 0.717) is 5.56 Å². The molecule has 1 aromatic heterocycles. The largest absolute Gasteiger partial charge is 0.469 e. The molecule has 74 valence electrons. The number of esters is 1. The minimum atomic E-state index is -0.532. The number of ketones is 1. The molecular weight excluding hydrogens is 182 g/mol. The molecule has 0 amide bonds. The average Bonchev–Trinajstić information content (AvgIpc) is 2.18. The Hall–Kier alpha value is -1.71. The summed E-state index contributed by atoms with van der Waals surface area (Å²) in [7, 11) is 1.25. The van der Waals surface area contributed by atoms with Crippen molar-refractivity contribution in [3.05, 3.63) is 29.6 Å². The summed E-state index contributed by atoms with van der Waals surface area (Å²) in [6.45, 7) is 1.83. The number of nitrogens with zero attached hydrogens (tertiary/aromatic N) is 1. The summed E-state index contributed by atoms with van der Waals surface area (Å²) in [5, 5.41) is 0. The Balaban J connectivity index is 2.70. The number of carbonyl (C=O) groups excluding carboxylic acids is 2. The molecule has 14 heavy (non-hydrogen) atoms. The second-order valence-corrected chi connectivity index (χ2v) is 2.86. The van der Waals surface area contributed by atoms with Crippen LogP contribution in [0.15, 0.2) is 18.3 Å². The maximum atomic E-state index is 11.4. The normalized spacial score (nSPS) is 9.57. The SMILES string of the molecule is COC(=O)CC(=O)c1ccc(C)nc1. The molecular formula is C10H11NO3. The van der Waals surface area contributed by atoms with Crippen LogP contribution in [-0.4, -0.2) is 23.8 Å². The predicted molar refractivity (Wildman–Crippen MR) is 49.9 cm³/mol. The van der Waals surface area contributed by atoms with Crippen molar-refractivity contribution >= 4 is 11.8 Å². The number of aryl methyl sites for hydroxylation is 1. The molecule has 1 heterocycles. The highest BCUT2D eigenvalue weighted by Crippen LogP contribution is 2.03. The van der Waals surface area contributed by atoms with Crippen LogP contribution in [0.1, 0.15) is 22.5 Å². The lowest BCUT2D eigenvalue weighted by molar-refractivity contribution is -0.139. The van der Waals surface area contributed by atoms with Gasteiger partial charge in [0.1, 0.15) is 6.42 Å². The van der Waals surface area contributed by atoms with Crippen LogP contribution >= 0.6 is 0 Å². The first kappa shape index (κ1) is 10.4. The first-order chi connectivity index (χ1) is 6.63. The Morgan fingerprint density at radius 1 is 1.43 bits per heavy atom. The fourth-order valence-electron chi connectivity index (χ4n) is 0.938. The van der Waals surface area contributed by atoms with Crippen LogP contribution in [0, 0.1) is 6.92 Å². The van der Waals surface area contributed by atoms with Crippen molar-refractivity contribution in [1.82, 2.24) is 4.98 Å². The van der Waals surface area contributed by atoms with E-state index in [1.165, 1.54) is 13.3 Å². The van der Waals surface area contributed by atoms with Crippen molar-refractivity contribution in [2.24, 2.45) is 0 Å². The van der Waals surface area contributed by atoms with Crippen molar-refractivity contribution in [2.45, 2.75) is 13.3 Å². The summed E-state index contributed by atoms with van der Waals surface area (Å²) in [6.07, 6.45) is 1.22. The van der Waals surface area contributed by atoms with Crippen molar-refractivity contribution in [3.63, 3.8) is 0 Å². The third-order valence-electron chi connectivity index (χ3n) is 1.77. The van der Waals surface area contributed by atoms with Crippen LogP contribution in [0.2, 0.25) is 0 Å². The lowest BCUT2D eigenvalue weighted by atomic mass is 10.1. The Kier molecular flexibility index (Phi) is 3.34. The molecule has 1 rings (SSSR count). The Labute approximate surface area is 81.9 Å². The number of aromatic nitrogens is 1. The number of ether oxygens (including phenoxy) is 1. The number of rotatable bonds is 3. The van der Waals surface area contributed by atoms with Crippen LogP contribution < -0.4 is 0 Å². The Morgan fingerprint density at radius 3 is 2.64 bits per heavy atom. The molecule has 0 bridgehead atoms. The molecule has 0 radical (unpaired) electrons. The third-order valence-corrected chi connectivity index (χ3v) is 1.77. The molecule has 0 aliphatic rings. The van der Waals surface area contributed by atoms with Gasteiger partial charge in [-0.15, -0.1) is 0 Å². The topological polar surface area (TPSA) is 56.3 Å². The fourth-order valence-corrected chi connectivity index (χ4v) is 0.938. The maximum absolute atomic E-state index is 11.4. The minimum absolute atomic E-state index is 0.235. The van der Waals surface area contributed by atoms with Crippen LogP contribution in [0.5, 0.6) is 0 Å². The zero-order valence-corrected chi connectivity index (χ0v) is 8.11. The number of pyridine rings is 1. The first-order valence-corrected chi connectivity index (χ1v) is 4.16. The van der Waals surface area contributed by atoms with Gasteiger partial charge in [-0.3, -0.25) is 14.6 Å². The van der Waals surface area contributed by atoms with E-state index < -0.39 is 5.97 Å². The first-order valence-electron chi connectivity index (χ1n) is 4.16. The maximum Gasteiger partial charge on any atom is 0.313 e. The second-order valence-electron chi connectivity index (χ2n) is 2.86. The smallest absolute Gasteiger partial charge is 0.313 e. The molecule has 4 nitrogen and oxygen atoms in total. The van der Waals surface area contributed by atoms with Crippen LogP contribution in [0.3, 0.4) is 0 Å². The molecule has 0 fully saturated rings. The number of methoxy groups -OCH3 is 1. The number of carbonyl (C=O) groups is 2. The lowest BCUT2D eigenvalue weighted by Crippen LogP contribution is -2.09. The summed E-state index contributed by atoms with van der Waals surface area (Å²) in [4.78, 5) is 26.1. The Morgan fingerprint density at radius 2 is 2.14 bits per heavy atom. The van der Waals surface area contributed by atoms with E-state index in [9.17, 15) is 9.59 Å². The average molecular weight is 193 g/mol. The third kappa shape index (κ3) is 2.65. The summed E-state index contributed by atoms with van der Waals surface area (Å²) < 4.78 is 4.39. The van der Waals surface area contributed by atoms with Crippen molar-refractivity contribution in [2.75, 3.05) is 7.11 Å². The summed E-state index contributed by atoms with van der Waals surface area (Å²) >= 11 is 0. The van der Waals surface area contributed by atoms with Crippen LogP contribution in [0.4, 0.5) is 0 Å².